The normalized spacial score (nSPS) is 13.9. The van der Waals surface area contributed by atoms with Crippen molar-refractivity contribution in [3.8, 4) is 0 Å². The highest BCUT2D eigenvalue weighted by Gasteiger charge is 2.40. The quantitative estimate of drug-likeness (QED) is 0.642. The number of carbonyl (C=O) groups is 2. The number of imide groups is 1. The maximum atomic E-state index is 13.4. The monoisotopic (exact) mass is 386 g/mol. The maximum Gasteiger partial charge on any atom is 0.282 e. The lowest BCUT2D eigenvalue weighted by Gasteiger charge is -2.16. The van der Waals surface area contributed by atoms with Crippen molar-refractivity contribution in [1.29, 1.82) is 0 Å². The molecular formula is C24H19FN2O2. The second kappa shape index (κ2) is 7.72. The smallest absolute Gasteiger partial charge is 0.282 e. The first-order valence-corrected chi connectivity index (χ1v) is 9.38. The van der Waals surface area contributed by atoms with E-state index in [9.17, 15) is 14.0 Å². The van der Waals surface area contributed by atoms with Crippen molar-refractivity contribution in [1.82, 2.24) is 0 Å². The molecule has 0 atom stereocenters. The third kappa shape index (κ3) is 3.55. The summed E-state index contributed by atoms with van der Waals surface area (Å²) in [7, 11) is 0. The third-order valence-corrected chi connectivity index (χ3v) is 4.86. The number of amides is 2. The summed E-state index contributed by atoms with van der Waals surface area (Å²) in [4.78, 5) is 27.7. The number of nitrogens with zero attached hydrogens (tertiary/aromatic N) is 1. The van der Waals surface area contributed by atoms with Gasteiger partial charge in [0.2, 0.25) is 0 Å². The van der Waals surface area contributed by atoms with Crippen LogP contribution in [0.25, 0.3) is 5.57 Å². The van der Waals surface area contributed by atoms with Gasteiger partial charge in [0.25, 0.3) is 11.8 Å². The highest BCUT2D eigenvalue weighted by atomic mass is 19.1. The van der Waals surface area contributed by atoms with Crippen LogP contribution in [0.15, 0.2) is 84.6 Å². The molecule has 4 nitrogen and oxygen atoms in total. The van der Waals surface area contributed by atoms with Gasteiger partial charge >= 0.3 is 0 Å². The van der Waals surface area contributed by atoms with E-state index in [-0.39, 0.29) is 11.3 Å². The summed E-state index contributed by atoms with van der Waals surface area (Å²) < 4.78 is 13.4. The van der Waals surface area contributed by atoms with Crippen LogP contribution in [0.3, 0.4) is 0 Å². The molecule has 2 amide bonds. The molecule has 0 bridgehead atoms. The Kier molecular flexibility index (Phi) is 4.96. The Morgan fingerprint density at radius 3 is 2.10 bits per heavy atom. The Morgan fingerprint density at radius 2 is 1.48 bits per heavy atom. The minimum Gasteiger partial charge on any atom is -0.350 e. The van der Waals surface area contributed by atoms with Crippen molar-refractivity contribution >= 4 is 28.8 Å². The van der Waals surface area contributed by atoms with Crippen LogP contribution in [-0.2, 0) is 16.0 Å². The molecule has 1 N–H and O–H groups in total. The minimum atomic E-state index is -0.442. The molecule has 0 fully saturated rings. The van der Waals surface area contributed by atoms with Crippen molar-refractivity contribution in [3.63, 3.8) is 0 Å². The lowest BCUT2D eigenvalue weighted by molar-refractivity contribution is -0.120. The Hall–Kier alpha value is -3.73. The highest BCUT2D eigenvalue weighted by molar-refractivity contribution is 6.46. The van der Waals surface area contributed by atoms with Gasteiger partial charge in [0.1, 0.15) is 11.5 Å². The molecule has 3 aromatic rings. The number of para-hydroxylation sites is 1. The lowest BCUT2D eigenvalue weighted by atomic mass is 10.0. The zero-order valence-electron chi connectivity index (χ0n) is 15.9. The fourth-order valence-corrected chi connectivity index (χ4v) is 3.31. The van der Waals surface area contributed by atoms with E-state index in [2.05, 4.69) is 5.32 Å². The van der Waals surface area contributed by atoms with Gasteiger partial charge in [-0.2, -0.15) is 0 Å². The first-order chi connectivity index (χ1) is 14.1. The Balaban J connectivity index is 1.79. The highest BCUT2D eigenvalue weighted by Crippen LogP contribution is 2.33. The van der Waals surface area contributed by atoms with Crippen LogP contribution in [0.5, 0.6) is 0 Å². The van der Waals surface area contributed by atoms with Crippen LogP contribution >= 0.6 is 0 Å². The number of halogens is 1. The fourth-order valence-electron chi connectivity index (χ4n) is 3.31. The standard InChI is InChI=1S/C24H19FN2O2/c1-2-16-8-14-20(15-9-16)27-23(28)21(17-10-12-18(25)13-11-17)22(24(27)29)26-19-6-4-3-5-7-19/h3-15,26H,2H2,1H3. The van der Waals surface area contributed by atoms with E-state index in [1.807, 2.05) is 49.4 Å². The average molecular weight is 386 g/mol. The van der Waals surface area contributed by atoms with Crippen LogP contribution in [0, 0.1) is 5.82 Å². The summed E-state index contributed by atoms with van der Waals surface area (Å²) >= 11 is 0. The van der Waals surface area contributed by atoms with Crippen LogP contribution in [-0.4, -0.2) is 11.8 Å². The van der Waals surface area contributed by atoms with Crippen molar-refractivity contribution < 1.29 is 14.0 Å². The predicted octanol–water partition coefficient (Wildman–Crippen LogP) is 4.78. The molecule has 29 heavy (non-hydrogen) atoms. The van der Waals surface area contributed by atoms with E-state index in [4.69, 9.17) is 0 Å². The Bertz CT molecular complexity index is 1090. The SMILES string of the molecule is CCc1ccc(N2C(=O)C(Nc3ccccc3)=C(c3ccc(F)cc3)C2=O)cc1. The van der Waals surface area contributed by atoms with Gasteiger partial charge in [0, 0.05) is 5.69 Å². The third-order valence-electron chi connectivity index (χ3n) is 4.86. The molecule has 0 aliphatic carbocycles. The summed E-state index contributed by atoms with van der Waals surface area (Å²) in [6.45, 7) is 2.04. The van der Waals surface area contributed by atoms with Gasteiger partial charge in [-0.1, -0.05) is 49.4 Å². The van der Waals surface area contributed by atoms with Gasteiger partial charge in [-0.25, -0.2) is 9.29 Å². The van der Waals surface area contributed by atoms with Crippen LogP contribution in [0.4, 0.5) is 15.8 Å². The molecule has 1 aliphatic rings. The van der Waals surface area contributed by atoms with Crippen molar-refractivity contribution in [3.05, 3.63) is 102 Å². The van der Waals surface area contributed by atoms with Crippen molar-refractivity contribution in [2.24, 2.45) is 0 Å². The van der Waals surface area contributed by atoms with Crippen molar-refractivity contribution in [2.75, 3.05) is 10.2 Å². The lowest BCUT2D eigenvalue weighted by Crippen LogP contribution is -2.32. The summed E-state index contributed by atoms with van der Waals surface area (Å²) in [5.74, 6) is -1.29. The van der Waals surface area contributed by atoms with Crippen LogP contribution in [0.1, 0.15) is 18.1 Å². The van der Waals surface area contributed by atoms with Crippen LogP contribution < -0.4 is 10.2 Å². The topological polar surface area (TPSA) is 49.4 Å². The number of carbonyl (C=O) groups excluding carboxylic acids is 2. The zero-order chi connectivity index (χ0) is 20.4. The van der Waals surface area contributed by atoms with Gasteiger partial charge in [0.15, 0.2) is 0 Å². The molecule has 0 radical (unpaired) electrons. The summed E-state index contributed by atoms with van der Waals surface area (Å²) in [6.07, 6.45) is 0.863. The van der Waals surface area contributed by atoms with E-state index in [1.165, 1.54) is 24.3 Å². The Labute approximate surface area is 168 Å². The van der Waals surface area contributed by atoms with Gasteiger partial charge in [-0.15, -0.1) is 0 Å². The van der Waals surface area contributed by atoms with Gasteiger partial charge in [-0.3, -0.25) is 9.59 Å². The second-order valence-electron chi connectivity index (χ2n) is 6.71. The summed E-state index contributed by atoms with van der Waals surface area (Å²) in [5.41, 5.74) is 3.18. The van der Waals surface area contributed by atoms with E-state index in [1.54, 1.807) is 12.1 Å². The number of aryl methyl sites for hydroxylation is 1. The summed E-state index contributed by atoms with van der Waals surface area (Å²) in [6, 6.07) is 22.1. The van der Waals surface area contributed by atoms with Crippen LogP contribution in [0.2, 0.25) is 0 Å². The fraction of sp³-hybridized carbons (Fsp3) is 0.0833. The van der Waals surface area contributed by atoms with Gasteiger partial charge in [-0.05, 0) is 53.9 Å². The maximum absolute atomic E-state index is 13.4. The van der Waals surface area contributed by atoms with Crippen molar-refractivity contribution in [2.45, 2.75) is 13.3 Å². The molecule has 0 spiro atoms. The number of hydrogen-bond acceptors (Lipinski definition) is 3. The average Bonchev–Trinajstić information content (AvgIpc) is 2.99. The molecule has 144 valence electrons. The molecule has 0 aromatic heterocycles. The summed E-state index contributed by atoms with van der Waals surface area (Å²) in [5, 5.41) is 3.08. The molecule has 1 heterocycles. The number of rotatable bonds is 5. The van der Waals surface area contributed by atoms with E-state index in [0.29, 0.717) is 16.9 Å². The molecular weight excluding hydrogens is 367 g/mol. The molecule has 4 rings (SSSR count). The Morgan fingerprint density at radius 1 is 0.828 bits per heavy atom. The predicted molar refractivity (Wildman–Crippen MR) is 112 cm³/mol. The first kappa shape index (κ1) is 18.6. The van der Waals surface area contributed by atoms with E-state index >= 15 is 0 Å². The largest absolute Gasteiger partial charge is 0.350 e. The van der Waals surface area contributed by atoms with E-state index in [0.717, 1.165) is 16.9 Å². The molecule has 0 saturated carbocycles. The van der Waals surface area contributed by atoms with Gasteiger partial charge < -0.3 is 5.32 Å². The molecule has 3 aromatic carbocycles. The zero-order valence-corrected chi connectivity index (χ0v) is 15.9. The molecule has 0 saturated heterocycles. The van der Waals surface area contributed by atoms with Gasteiger partial charge in [0.05, 0.1) is 11.3 Å². The number of anilines is 2. The number of nitrogens with one attached hydrogen (secondary N) is 1. The second-order valence-corrected chi connectivity index (χ2v) is 6.71. The number of benzene rings is 3. The number of hydrogen-bond donors (Lipinski definition) is 1. The molecule has 0 unspecified atom stereocenters. The molecule has 1 aliphatic heterocycles. The van der Waals surface area contributed by atoms with E-state index < -0.39 is 17.6 Å². The molecule has 5 heteroatoms. The first-order valence-electron chi connectivity index (χ1n) is 9.38. The minimum absolute atomic E-state index is 0.173.